The van der Waals surface area contributed by atoms with Crippen molar-refractivity contribution in [2.24, 2.45) is 0 Å². The average molecular weight is 198 g/mol. The van der Waals surface area contributed by atoms with E-state index in [0.29, 0.717) is 10.6 Å². The lowest BCUT2D eigenvalue weighted by Gasteiger charge is -2.10. The second-order valence-electron chi connectivity index (χ2n) is 3.22. The number of nitrogens with zero attached hydrogens (tertiary/aromatic N) is 1. The van der Waals surface area contributed by atoms with Gasteiger partial charge in [0.2, 0.25) is 0 Å². The summed E-state index contributed by atoms with van der Waals surface area (Å²) in [6, 6.07) is 5.33. The van der Waals surface area contributed by atoms with Gasteiger partial charge >= 0.3 is 0 Å². The van der Waals surface area contributed by atoms with Crippen LogP contribution in [0.3, 0.4) is 0 Å². The standard InChI is InChI=1S/C10H12ClNO/c1-7-4-8(6-9(11)5-7)10(13)12(2)3/h4-6H,1-3H3. The first kappa shape index (κ1) is 10.1. The summed E-state index contributed by atoms with van der Waals surface area (Å²) >= 11 is 5.83. The molecule has 1 aromatic carbocycles. The first-order valence-corrected chi connectivity index (χ1v) is 4.37. The molecule has 1 amide bonds. The molecule has 3 heteroatoms. The summed E-state index contributed by atoms with van der Waals surface area (Å²) in [5.41, 5.74) is 1.63. The number of amides is 1. The molecule has 0 saturated carbocycles. The lowest BCUT2D eigenvalue weighted by atomic mass is 10.1. The van der Waals surface area contributed by atoms with E-state index in [-0.39, 0.29) is 5.91 Å². The number of rotatable bonds is 1. The number of hydrogen-bond acceptors (Lipinski definition) is 1. The Balaban J connectivity index is 3.08. The van der Waals surface area contributed by atoms with E-state index in [1.807, 2.05) is 19.1 Å². The Bertz CT molecular complexity index is 313. The molecule has 0 N–H and O–H groups in total. The molecular weight excluding hydrogens is 186 g/mol. The average Bonchev–Trinajstić information content (AvgIpc) is 2.01. The van der Waals surface area contributed by atoms with E-state index in [2.05, 4.69) is 0 Å². The minimum atomic E-state index is -0.0226. The quantitative estimate of drug-likeness (QED) is 0.677. The Labute approximate surface area is 83.1 Å². The van der Waals surface area contributed by atoms with Gasteiger partial charge in [0.05, 0.1) is 0 Å². The third kappa shape index (κ3) is 2.46. The van der Waals surface area contributed by atoms with Gasteiger partial charge in [-0.1, -0.05) is 11.6 Å². The van der Waals surface area contributed by atoms with Crippen LogP contribution in [-0.4, -0.2) is 24.9 Å². The zero-order valence-electron chi connectivity index (χ0n) is 7.97. The van der Waals surface area contributed by atoms with Crippen molar-refractivity contribution in [3.05, 3.63) is 34.3 Å². The lowest BCUT2D eigenvalue weighted by Crippen LogP contribution is -2.21. The number of carbonyl (C=O) groups excluding carboxylic acids is 1. The number of benzene rings is 1. The van der Waals surface area contributed by atoms with E-state index < -0.39 is 0 Å². The molecule has 0 atom stereocenters. The van der Waals surface area contributed by atoms with Crippen molar-refractivity contribution >= 4 is 17.5 Å². The molecule has 2 nitrogen and oxygen atoms in total. The number of carbonyl (C=O) groups is 1. The smallest absolute Gasteiger partial charge is 0.253 e. The van der Waals surface area contributed by atoms with Crippen LogP contribution in [0.5, 0.6) is 0 Å². The molecule has 0 aliphatic heterocycles. The summed E-state index contributed by atoms with van der Waals surface area (Å²) in [5, 5.41) is 0.602. The van der Waals surface area contributed by atoms with E-state index >= 15 is 0 Å². The molecule has 70 valence electrons. The predicted molar refractivity (Wildman–Crippen MR) is 54.2 cm³/mol. The molecule has 1 rings (SSSR count). The van der Waals surface area contributed by atoms with Gasteiger partial charge in [-0.25, -0.2) is 0 Å². The molecular formula is C10H12ClNO. The van der Waals surface area contributed by atoms with Gasteiger partial charge in [-0.2, -0.15) is 0 Å². The number of aryl methyl sites for hydroxylation is 1. The van der Waals surface area contributed by atoms with Crippen LogP contribution >= 0.6 is 11.6 Å². The van der Waals surface area contributed by atoms with Crippen molar-refractivity contribution in [3.8, 4) is 0 Å². The maximum Gasteiger partial charge on any atom is 0.253 e. The third-order valence-corrected chi connectivity index (χ3v) is 1.91. The SMILES string of the molecule is Cc1cc(Cl)cc(C(=O)N(C)C)c1. The van der Waals surface area contributed by atoms with Crippen LogP contribution in [0.2, 0.25) is 5.02 Å². The molecule has 1 aromatic rings. The summed E-state index contributed by atoms with van der Waals surface area (Å²) in [4.78, 5) is 13.0. The van der Waals surface area contributed by atoms with Crippen molar-refractivity contribution in [1.82, 2.24) is 4.90 Å². The molecule has 0 saturated heterocycles. The van der Waals surface area contributed by atoms with E-state index in [0.717, 1.165) is 5.56 Å². The van der Waals surface area contributed by atoms with E-state index in [1.165, 1.54) is 4.90 Å². The van der Waals surface area contributed by atoms with Crippen LogP contribution in [-0.2, 0) is 0 Å². The Hall–Kier alpha value is -1.02. The Morgan fingerprint density at radius 3 is 2.38 bits per heavy atom. The fourth-order valence-electron chi connectivity index (χ4n) is 1.12. The highest BCUT2D eigenvalue weighted by molar-refractivity contribution is 6.31. The zero-order valence-corrected chi connectivity index (χ0v) is 8.72. The van der Waals surface area contributed by atoms with Gasteiger partial charge in [-0.05, 0) is 30.7 Å². The maximum absolute atomic E-state index is 11.5. The number of halogens is 1. The molecule has 0 fully saturated rings. The second kappa shape index (κ2) is 3.79. The molecule has 0 aliphatic rings. The summed E-state index contributed by atoms with van der Waals surface area (Å²) < 4.78 is 0. The Kier molecular flexibility index (Phi) is 2.94. The van der Waals surface area contributed by atoms with Crippen molar-refractivity contribution in [2.45, 2.75) is 6.92 Å². The Morgan fingerprint density at radius 1 is 1.31 bits per heavy atom. The van der Waals surface area contributed by atoms with E-state index in [4.69, 9.17) is 11.6 Å². The largest absolute Gasteiger partial charge is 0.345 e. The van der Waals surface area contributed by atoms with Crippen molar-refractivity contribution in [3.63, 3.8) is 0 Å². The van der Waals surface area contributed by atoms with Gasteiger partial charge in [0.1, 0.15) is 0 Å². The van der Waals surface area contributed by atoms with Gasteiger partial charge in [0.25, 0.3) is 5.91 Å². The first-order valence-electron chi connectivity index (χ1n) is 3.99. The van der Waals surface area contributed by atoms with Crippen LogP contribution in [0, 0.1) is 6.92 Å². The van der Waals surface area contributed by atoms with E-state index in [1.54, 1.807) is 20.2 Å². The van der Waals surface area contributed by atoms with Crippen LogP contribution in [0.4, 0.5) is 0 Å². The molecule has 0 bridgehead atoms. The summed E-state index contributed by atoms with van der Waals surface area (Å²) in [5.74, 6) is -0.0226. The van der Waals surface area contributed by atoms with Gasteiger partial charge < -0.3 is 4.90 Å². The predicted octanol–water partition coefficient (Wildman–Crippen LogP) is 2.35. The Morgan fingerprint density at radius 2 is 1.92 bits per heavy atom. The summed E-state index contributed by atoms with van der Waals surface area (Å²) in [6.45, 7) is 1.92. The minimum Gasteiger partial charge on any atom is -0.345 e. The molecule has 0 unspecified atom stereocenters. The molecule has 0 aromatic heterocycles. The molecule has 0 aliphatic carbocycles. The third-order valence-electron chi connectivity index (χ3n) is 1.70. The zero-order chi connectivity index (χ0) is 10.0. The first-order chi connectivity index (χ1) is 6.00. The highest BCUT2D eigenvalue weighted by Gasteiger charge is 2.08. The summed E-state index contributed by atoms with van der Waals surface area (Å²) in [6.07, 6.45) is 0. The topological polar surface area (TPSA) is 20.3 Å². The van der Waals surface area contributed by atoms with Gasteiger partial charge in [0.15, 0.2) is 0 Å². The normalized spacial score (nSPS) is 9.85. The lowest BCUT2D eigenvalue weighted by molar-refractivity contribution is 0.0827. The van der Waals surface area contributed by atoms with Crippen LogP contribution < -0.4 is 0 Å². The molecule has 0 radical (unpaired) electrons. The number of hydrogen-bond donors (Lipinski definition) is 0. The summed E-state index contributed by atoms with van der Waals surface area (Å²) in [7, 11) is 3.44. The molecule has 0 spiro atoms. The van der Waals surface area contributed by atoms with Crippen molar-refractivity contribution in [2.75, 3.05) is 14.1 Å². The maximum atomic E-state index is 11.5. The highest BCUT2D eigenvalue weighted by Crippen LogP contribution is 2.15. The fraction of sp³-hybridized carbons (Fsp3) is 0.300. The van der Waals surface area contributed by atoms with E-state index in [9.17, 15) is 4.79 Å². The van der Waals surface area contributed by atoms with Crippen LogP contribution in [0.25, 0.3) is 0 Å². The molecule has 13 heavy (non-hydrogen) atoms. The van der Waals surface area contributed by atoms with Crippen LogP contribution in [0.1, 0.15) is 15.9 Å². The van der Waals surface area contributed by atoms with Crippen molar-refractivity contribution in [1.29, 1.82) is 0 Å². The highest BCUT2D eigenvalue weighted by atomic mass is 35.5. The minimum absolute atomic E-state index is 0.0226. The molecule has 0 heterocycles. The van der Waals surface area contributed by atoms with Gasteiger partial charge in [0, 0.05) is 24.7 Å². The second-order valence-corrected chi connectivity index (χ2v) is 3.65. The monoisotopic (exact) mass is 197 g/mol. The van der Waals surface area contributed by atoms with Gasteiger partial charge in [-0.3, -0.25) is 4.79 Å². The fourth-order valence-corrected chi connectivity index (χ4v) is 1.41. The van der Waals surface area contributed by atoms with Crippen molar-refractivity contribution < 1.29 is 4.79 Å². The van der Waals surface area contributed by atoms with Gasteiger partial charge in [-0.15, -0.1) is 0 Å². The van der Waals surface area contributed by atoms with Crippen LogP contribution in [0.15, 0.2) is 18.2 Å².